The third-order valence-corrected chi connectivity index (χ3v) is 5.17. The number of hydrogen-bond acceptors (Lipinski definition) is 5. The molecule has 3 heterocycles. The lowest BCUT2D eigenvalue weighted by Crippen LogP contribution is -2.48. The van der Waals surface area contributed by atoms with Crippen LogP contribution in [0.5, 0.6) is 5.75 Å². The first-order valence-electron chi connectivity index (χ1n) is 9.58. The number of benzene rings is 1. The van der Waals surface area contributed by atoms with Crippen LogP contribution in [0.15, 0.2) is 42.7 Å². The summed E-state index contributed by atoms with van der Waals surface area (Å²) in [5.74, 6) is 0.768. The van der Waals surface area contributed by atoms with Crippen molar-refractivity contribution < 1.29 is 9.53 Å². The normalized spacial score (nSPS) is 16.1. The molecule has 2 aromatic heterocycles. The maximum atomic E-state index is 13.4. The lowest BCUT2D eigenvalue weighted by molar-refractivity contribution is 0.0631. The molecule has 1 aromatic carbocycles. The van der Waals surface area contributed by atoms with E-state index in [9.17, 15) is 4.79 Å². The highest BCUT2D eigenvalue weighted by Crippen LogP contribution is 2.31. The first-order valence-corrected chi connectivity index (χ1v) is 9.58. The van der Waals surface area contributed by atoms with E-state index < -0.39 is 0 Å². The van der Waals surface area contributed by atoms with Gasteiger partial charge in [0.25, 0.3) is 5.91 Å². The Balaban J connectivity index is 0.00000160. The summed E-state index contributed by atoms with van der Waals surface area (Å²) >= 11 is 0. The van der Waals surface area contributed by atoms with E-state index in [1.54, 1.807) is 19.5 Å². The number of carbonyl (C=O) groups is 1. The molecular weight excluding hydrogens is 425 g/mol. The Labute approximate surface area is 188 Å². The Hall–Kier alpha value is -2.35. The van der Waals surface area contributed by atoms with Gasteiger partial charge in [-0.25, -0.2) is 9.67 Å². The molecular formula is C21H27Cl2N5O2. The number of rotatable bonds is 4. The van der Waals surface area contributed by atoms with Gasteiger partial charge in [-0.15, -0.1) is 24.8 Å². The first kappa shape index (κ1) is 23.9. The molecule has 3 aromatic rings. The van der Waals surface area contributed by atoms with Gasteiger partial charge in [-0.3, -0.25) is 4.79 Å². The minimum Gasteiger partial charge on any atom is -0.496 e. The van der Waals surface area contributed by atoms with Crippen molar-refractivity contribution in [2.24, 2.45) is 0 Å². The topological polar surface area (TPSA) is 72.3 Å². The van der Waals surface area contributed by atoms with E-state index in [2.05, 4.69) is 29.2 Å². The SMILES string of the molecule is COc1ccccc1C1CNCCN1C(=O)c1cnc2c(cnn2C(C)C)c1.Cl.Cl. The maximum absolute atomic E-state index is 13.4. The number of halogens is 2. The van der Waals surface area contributed by atoms with Crippen LogP contribution in [0.25, 0.3) is 11.0 Å². The molecule has 0 spiro atoms. The number of carbonyl (C=O) groups excluding carboxylic acids is 1. The summed E-state index contributed by atoms with van der Waals surface area (Å²) < 4.78 is 7.39. The van der Waals surface area contributed by atoms with E-state index >= 15 is 0 Å². The number of amides is 1. The van der Waals surface area contributed by atoms with Crippen LogP contribution in [-0.4, -0.2) is 52.3 Å². The number of ether oxygens (including phenoxy) is 1. The van der Waals surface area contributed by atoms with Gasteiger partial charge in [0.2, 0.25) is 0 Å². The van der Waals surface area contributed by atoms with Crippen molar-refractivity contribution in [1.29, 1.82) is 0 Å². The maximum Gasteiger partial charge on any atom is 0.256 e. The molecule has 0 radical (unpaired) electrons. The molecule has 0 aliphatic carbocycles. The van der Waals surface area contributed by atoms with Gasteiger partial charge in [-0.2, -0.15) is 5.10 Å². The lowest BCUT2D eigenvalue weighted by atomic mass is 10.0. The van der Waals surface area contributed by atoms with E-state index in [1.807, 2.05) is 39.9 Å². The van der Waals surface area contributed by atoms with Crippen molar-refractivity contribution in [3.63, 3.8) is 0 Å². The smallest absolute Gasteiger partial charge is 0.256 e. The predicted molar refractivity (Wildman–Crippen MR) is 122 cm³/mol. The van der Waals surface area contributed by atoms with Gasteiger partial charge < -0.3 is 15.0 Å². The summed E-state index contributed by atoms with van der Waals surface area (Å²) in [5, 5.41) is 8.66. The van der Waals surface area contributed by atoms with Gasteiger partial charge in [-0.05, 0) is 26.0 Å². The minimum atomic E-state index is -0.0912. The number of methoxy groups -OCH3 is 1. The van der Waals surface area contributed by atoms with E-state index in [4.69, 9.17) is 4.74 Å². The molecule has 7 nitrogen and oxygen atoms in total. The number of aromatic nitrogens is 3. The molecule has 1 fully saturated rings. The number of nitrogens with zero attached hydrogens (tertiary/aromatic N) is 4. The average molecular weight is 452 g/mol. The Morgan fingerprint density at radius 3 is 2.73 bits per heavy atom. The van der Waals surface area contributed by atoms with Gasteiger partial charge in [0.1, 0.15) is 5.75 Å². The third-order valence-electron chi connectivity index (χ3n) is 5.17. The zero-order valence-electron chi connectivity index (χ0n) is 17.2. The summed E-state index contributed by atoms with van der Waals surface area (Å²) in [7, 11) is 1.66. The molecule has 1 atom stereocenters. The molecule has 162 valence electrons. The second-order valence-corrected chi connectivity index (χ2v) is 7.28. The van der Waals surface area contributed by atoms with Crippen LogP contribution >= 0.6 is 24.8 Å². The molecule has 1 N–H and O–H groups in total. The molecule has 1 aliphatic rings. The van der Waals surface area contributed by atoms with Gasteiger partial charge in [0.15, 0.2) is 5.65 Å². The number of fused-ring (bicyclic) bond motifs is 1. The van der Waals surface area contributed by atoms with Crippen LogP contribution in [0.4, 0.5) is 0 Å². The second kappa shape index (κ2) is 10.1. The Morgan fingerprint density at radius 2 is 2.00 bits per heavy atom. The highest BCUT2D eigenvalue weighted by molar-refractivity contribution is 5.97. The molecule has 30 heavy (non-hydrogen) atoms. The molecule has 1 unspecified atom stereocenters. The third kappa shape index (κ3) is 4.38. The number of para-hydroxylation sites is 1. The summed E-state index contributed by atoms with van der Waals surface area (Å²) in [6, 6.07) is 9.88. The van der Waals surface area contributed by atoms with Crippen molar-refractivity contribution in [3.05, 3.63) is 53.9 Å². The fourth-order valence-corrected chi connectivity index (χ4v) is 3.77. The van der Waals surface area contributed by atoms with Crippen LogP contribution < -0.4 is 10.1 Å². The average Bonchev–Trinajstić information content (AvgIpc) is 3.16. The summed E-state index contributed by atoms with van der Waals surface area (Å²) in [4.78, 5) is 19.8. The van der Waals surface area contributed by atoms with Crippen LogP contribution in [0.3, 0.4) is 0 Å². The van der Waals surface area contributed by atoms with E-state index in [1.165, 1.54) is 0 Å². The number of hydrogen-bond donors (Lipinski definition) is 1. The monoisotopic (exact) mass is 451 g/mol. The number of pyridine rings is 1. The first-order chi connectivity index (χ1) is 13.6. The van der Waals surface area contributed by atoms with E-state index in [0.717, 1.165) is 28.9 Å². The van der Waals surface area contributed by atoms with Crippen molar-refractivity contribution in [3.8, 4) is 5.75 Å². The predicted octanol–water partition coefficient (Wildman–Crippen LogP) is 3.65. The number of piperazine rings is 1. The quantitative estimate of drug-likeness (QED) is 0.655. The summed E-state index contributed by atoms with van der Waals surface area (Å²) in [6.45, 7) is 6.20. The van der Waals surface area contributed by atoms with E-state index in [0.29, 0.717) is 18.7 Å². The Morgan fingerprint density at radius 1 is 1.23 bits per heavy atom. The lowest BCUT2D eigenvalue weighted by Gasteiger charge is -2.37. The second-order valence-electron chi connectivity index (χ2n) is 7.28. The van der Waals surface area contributed by atoms with Crippen LogP contribution in [0, 0.1) is 0 Å². The van der Waals surface area contributed by atoms with Crippen molar-refractivity contribution in [1.82, 2.24) is 25.0 Å². The fraction of sp³-hybridized carbons (Fsp3) is 0.381. The van der Waals surface area contributed by atoms with Gasteiger partial charge >= 0.3 is 0 Å². The van der Waals surface area contributed by atoms with E-state index in [-0.39, 0.29) is 42.8 Å². The van der Waals surface area contributed by atoms with Gasteiger partial charge in [0, 0.05) is 42.8 Å². The summed E-state index contributed by atoms with van der Waals surface area (Å²) in [5.41, 5.74) is 2.39. The molecule has 1 aliphatic heterocycles. The summed E-state index contributed by atoms with van der Waals surface area (Å²) in [6.07, 6.45) is 3.43. The van der Waals surface area contributed by atoms with Gasteiger partial charge in [0.05, 0.1) is 24.9 Å². The Bertz CT molecular complexity index is 1010. The molecule has 1 saturated heterocycles. The molecule has 9 heteroatoms. The van der Waals surface area contributed by atoms with Crippen molar-refractivity contribution in [2.75, 3.05) is 26.7 Å². The molecule has 1 amide bonds. The zero-order valence-corrected chi connectivity index (χ0v) is 18.9. The fourth-order valence-electron chi connectivity index (χ4n) is 3.77. The van der Waals surface area contributed by atoms with Crippen LogP contribution in [0.1, 0.15) is 41.9 Å². The van der Waals surface area contributed by atoms with Crippen LogP contribution in [-0.2, 0) is 0 Å². The highest BCUT2D eigenvalue weighted by atomic mass is 35.5. The van der Waals surface area contributed by atoms with Crippen molar-refractivity contribution >= 4 is 41.8 Å². The molecule has 0 bridgehead atoms. The standard InChI is InChI=1S/C21H25N5O2.2ClH/c1-14(2)26-20-15(12-24-26)10-16(11-23-20)21(27)25-9-8-22-13-18(25)17-6-4-5-7-19(17)28-3;;/h4-7,10-12,14,18,22H,8-9,13H2,1-3H3;2*1H. The Kier molecular flexibility index (Phi) is 8.06. The highest BCUT2D eigenvalue weighted by Gasteiger charge is 2.30. The minimum absolute atomic E-state index is 0. The van der Waals surface area contributed by atoms with Crippen molar-refractivity contribution in [2.45, 2.75) is 25.9 Å². The zero-order chi connectivity index (χ0) is 19.7. The largest absolute Gasteiger partial charge is 0.496 e. The molecule has 4 rings (SSSR count). The van der Waals surface area contributed by atoms with Gasteiger partial charge in [-0.1, -0.05) is 18.2 Å². The van der Waals surface area contributed by atoms with Crippen LogP contribution in [0.2, 0.25) is 0 Å². The molecule has 0 saturated carbocycles. The number of nitrogens with one attached hydrogen (secondary N) is 1.